The van der Waals surface area contributed by atoms with E-state index in [1.54, 1.807) is 30.6 Å². The lowest BCUT2D eigenvalue weighted by atomic mass is 10.0. The first-order valence-corrected chi connectivity index (χ1v) is 8.53. The van der Waals surface area contributed by atoms with Crippen LogP contribution in [0.3, 0.4) is 0 Å². The number of carboxylic acid groups (broad SMARTS) is 1. The Morgan fingerprint density at radius 2 is 1.89 bits per heavy atom. The van der Waals surface area contributed by atoms with E-state index in [0.29, 0.717) is 0 Å². The number of allylic oxidation sites excluding steroid dienone is 2. The first-order valence-electron chi connectivity index (χ1n) is 8.53. The molecule has 1 N–H and O–H groups in total. The van der Waals surface area contributed by atoms with E-state index < -0.39 is 5.97 Å². The van der Waals surface area contributed by atoms with Crippen molar-refractivity contribution in [1.29, 1.82) is 0 Å². The number of hydrogen-bond donors (Lipinski definition) is 1. The zero-order valence-electron chi connectivity index (χ0n) is 14.7. The number of anilines is 1. The van der Waals surface area contributed by atoms with Gasteiger partial charge in [-0.05, 0) is 37.3 Å². The van der Waals surface area contributed by atoms with Crippen molar-refractivity contribution in [3.05, 3.63) is 84.3 Å². The highest BCUT2D eigenvalue weighted by Gasteiger charge is 2.17. The zero-order valence-corrected chi connectivity index (χ0v) is 14.7. The van der Waals surface area contributed by atoms with Gasteiger partial charge in [0.25, 0.3) is 0 Å². The van der Waals surface area contributed by atoms with E-state index in [1.807, 2.05) is 60.5 Å². The summed E-state index contributed by atoms with van der Waals surface area (Å²) in [5.41, 5.74) is 4.61. The average molecular weight is 355 g/mol. The number of pyridine rings is 1. The summed E-state index contributed by atoms with van der Waals surface area (Å²) in [4.78, 5) is 22.4. The predicted octanol–water partition coefficient (Wildman–Crippen LogP) is 4.87. The smallest absolute Gasteiger partial charge is 0.335 e. The minimum atomic E-state index is -0.954. The van der Waals surface area contributed by atoms with Gasteiger partial charge in [-0.1, -0.05) is 30.3 Å². The van der Waals surface area contributed by atoms with E-state index in [2.05, 4.69) is 4.99 Å². The number of fused-ring (bicyclic) bond motifs is 1. The summed E-state index contributed by atoms with van der Waals surface area (Å²) in [6.45, 7) is 1.97. The Kier molecular flexibility index (Phi) is 4.26. The number of hydrogen-bond acceptors (Lipinski definition) is 4. The van der Waals surface area contributed by atoms with Crippen molar-refractivity contribution < 1.29 is 9.90 Å². The van der Waals surface area contributed by atoms with Gasteiger partial charge in [-0.3, -0.25) is 4.99 Å². The third-order valence-electron chi connectivity index (χ3n) is 4.40. The van der Waals surface area contributed by atoms with Crippen molar-refractivity contribution in [3.8, 4) is 11.3 Å². The van der Waals surface area contributed by atoms with Crippen molar-refractivity contribution in [2.45, 2.75) is 6.92 Å². The first kappa shape index (κ1) is 16.7. The second kappa shape index (κ2) is 6.88. The minimum Gasteiger partial charge on any atom is -0.478 e. The molecule has 0 bridgehead atoms. The maximum Gasteiger partial charge on any atom is 0.335 e. The standard InChI is InChI=1S/C22H17N3O2/c1-15-14-23-10-5-11-25(15)20-13-18-12-17(22(26)27)8-9-19(18)24-21(20)16-6-3-2-4-7-16/h2-14H,1H3,(H,26,27). The fourth-order valence-electron chi connectivity index (χ4n) is 3.07. The van der Waals surface area contributed by atoms with Gasteiger partial charge in [-0.15, -0.1) is 0 Å². The second-order valence-corrected chi connectivity index (χ2v) is 6.21. The summed E-state index contributed by atoms with van der Waals surface area (Å²) >= 11 is 0. The fourth-order valence-corrected chi connectivity index (χ4v) is 3.07. The third-order valence-corrected chi connectivity index (χ3v) is 4.40. The van der Waals surface area contributed by atoms with Crippen molar-refractivity contribution >= 4 is 28.8 Å². The Hall–Kier alpha value is -3.73. The molecule has 1 aliphatic heterocycles. The van der Waals surface area contributed by atoms with E-state index in [1.165, 1.54) is 0 Å². The molecule has 132 valence electrons. The van der Waals surface area contributed by atoms with Gasteiger partial charge in [0, 0.05) is 35.3 Å². The van der Waals surface area contributed by atoms with Gasteiger partial charge in [0.2, 0.25) is 0 Å². The van der Waals surface area contributed by atoms with Gasteiger partial charge in [0.05, 0.1) is 22.5 Å². The van der Waals surface area contributed by atoms with Gasteiger partial charge in [-0.25, -0.2) is 9.78 Å². The Balaban J connectivity index is 1.99. The number of benzene rings is 2. The molecule has 2 heterocycles. The number of carboxylic acids is 1. The van der Waals surface area contributed by atoms with Crippen LogP contribution in [0.15, 0.2) is 83.8 Å². The van der Waals surface area contributed by atoms with E-state index in [4.69, 9.17) is 4.98 Å². The number of rotatable bonds is 3. The molecule has 0 spiro atoms. The molecule has 0 radical (unpaired) electrons. The highest BCUT2D eigenvalue weighted by molar-refractivity contribution is 5.96. The van der Waals surface area contributed by atoms with Crippen LogP contribution < -0.4 is 4.90 Å². The fraction of sp³-hybridized carbons (Fsp3) is 0.0455. The molecule has 0 amide bonds. The van der Waals surface area contributed by atoms with Gasteiger partial charge in [0.1, 0.15) is 0 Å². The van der Waals surface area contributed by atoms with E-state index in [-0.39, 0.29) is 5.56 Å². The number of aromatic carboxylic acids is 1. The second-order valence-electron chi connectivity index (χ2n) is 6.21. The SMILES string of the molecule is CC1=CN=CC=CN1c1cc2cc(C(=O)O)ccc2nc1-c1ccccc1. The van der Waals surface area contributed by atoms with E-state index in [0.717, 1.165) is 33.5 Å². The summed E-state index contributed by atoms with van der Waals surface area (Å²) in [6.07, 6.45) is 7.30. The van der Waals surface area contributed by atoms with Crippen LogP contribution in [0, 0.1) is 0 Å². The van der Waals surface area contributed by atoms with Gasteiger partial charge in [0.15, 0.2) is 0 Å². The molecule has 0 saturated carbocycles. The molecular formula is C22H17N3O2. The largest absolute Gasteiger partial charge is 0.478 e. The Morgan fingerprint density at radius 3 is 2.67 bits per heavy atom. The van der Waals surface area contributed by atoms with Crippen LogP contribution in [0.25, 0.3) is 22.2 Å². The lowest BCUT2D eigenvalue weighted by Gasteiger charge is -2.23. The number of carbonyl (C=O) groups is 1. The lowest BCUT2D eigenvalue weighted by Crippen LogP contribution is -2.14. The first-order chi connectivity index (χ1) is 13.1. The maximum atomic E-state index is 11.3. The van der Waals surface area contributed by atoms with E-state index >= 15 is 0 Å². The number of aromatic nitrogens is 1. The number of nitrogens with zero attached hydrogens (tertiary/aromatic N) is 3. The molecule has 0 saturated heterocycles. The van der Waals surface area contributed by atoms with Crippen LogP contribution in [0.4, 0.5) is 5.69 Å². The van der Waals surface area contributed by atoms with Crippen LogP contribution in [-0.4, -0.2) is 22.3 Å². The highest BCUT2D eigenvalue weighted by atomic mass is 16.4. The summed E-state index contributed by atoms with van der Waals surface area (Å²) in [5, 5.41) is 10.1. The molecule has 27 heavy (non-hydrogen) atoms. The van der Waals surface area contributed by atoms with Crippen LogP contribution in [-0.2, 0) is 0 Å². The molecule has 4 rings (SSSR count). The monoisotopic (exact) mass is 355 g/mol. The van der Waals surface area contributed by atoms with Crippen LogP contribution >= 0.6 is 0 Å². The van der Waals surface area contributed by atoms with Crippen molar-refractivity contribution in [3.63, 3.8) is 0 Å². The summed E-state index contributed by atoms with van der Waals surface area (Å²) in [6, 6.07) is 16.9. The maximum absolute atomic E-state index is 11.3. The molecule has 1 aromatic heterocycles. The highest BCUT2D eigenvalue weighted by Crippen LogP contribution is 2.35. The van der Waals surface area contributed by atoms with Crippen molar-refractivity contribution in [2.75, 3.05) is 4.90 Å². The van der Waals surface area contributed by atoms with Gasteiger partial charge >= 0.3 is 5.97 Å². The quantitative estimate of drug-likeness (QED) is 0.728. The molecule has 0 fully saturated rings. The molecule has 5 nitrogen and oxygen atoms in total. The van der Waals surface area contributed by atoms with Crippen LogP contribution in [0.1, 0.15) is 17.3 Å². The molecule has 2 aromatic carbocycles. The molecule has 3 aromatic rings. The minimum absolute atomic E-state index is 0.240. The van der Waals surface area contributed by atoms with Crippen molar-refractivity contribution in [2.24, 2.45) is 4.99 Å². The average Bonchev–Trinajstić information content (AvgIpc) is 2.91. The topological polar surface area (TPSA) is 65.8 Å². The summed E-state index contributed by atoms with van der Waals surface area (Å²) in [5.74, 6) is -0.954. The van der Waals surface area contributed by atoms with Crippen LogP contribution in [0.2, 0.25) is 0 Å². The molecular weight excluding hydrogens is 338 g/mol. The third kappa shape index (κ3) is 3.22. The molecule has 0 atom stereocenters. The Morgan fingerprint density at radius 1 is 1.07 bits per heavy atom. The normalized spacial score (nSPS) is 13.5. The zero-order chi connectivity index (χ0) is 18.8. The Labute approximate surface area is 156 Å². The molecule has 1 aliphatic rings. The summed E-state index contributed by atoms with van der Waals surface area (Å²) < 4.78 is 0. The predicted molar refractivity (Wildman–Crippen MR) is 108 cm³/mol. The van der Waals surface area contributed by atoms with E-state index in [9.17, 15) is 9.90 Å². The lowest BCUT2D eigenvalue weighted by molar-refractivity contribution is 0.0697. The Bertz CT molecular complexity index is 1120. The molecule has 0 aliphatic carbocycles. The van der Waals surface area contributed by atoms with Crippen LogP contribution in [0.5, 0.6) is 0 Å². The van der Waals surface area contributed by atoms with Gasteiger partial charge in [-0.2, -0.15) is 0 Å². The van der Waals surface area contributed by atoms with Gasteiger partial charge < -0.3 is 10.0 Å². The summed E-state index contributed by atoms with van der Waals surface area (Å²) in [7, 11) is 0. The number of aliphatic imine (C=N–C) groups is 1. The molecule has 5 heteroatoms. The van der Waals surface area contributed by atoms with Crippen molar-refractivity contribution in [1.82, 2.24) is 4.98 Å². The molecule has 0 unspecified atom stereocenters.